The van der Waals surface area contributed by atoms with Crippen molar-refractivity contribution in [3.63, 3.8) is 0 Å². The monoisotopic (exact) mass is 346 g/mol. The summed E-state index contributed by atoms with van der Waals surface area (Å²) in [6, 6.07) is 5.51. The minimum Gasteiger partial charge on any atom is -0.461 e. The summed E-state index contributed by atoms with van der Waals surface area (Å²) in [6.45, 7) is 0.751. The van der Waals surface area contributed by atoms with Crippen LogP contribution in [0.3, 0.4) is 0 Å². The third kappa shape index (κ3) is 6.03. The van der Waals surface area contributed by atoms with E-state index in [2.05, 4.69) is 19.9 Å². The second-order valence-corrected chi connectivity index (χ2v) is 4.70. The van der Waals surface area contributed by atoms with Gasteiger partial charge >= 0.3 is 12.1 Å². The van der Waals surface area contributed by atoms with Crippen LogP contribution in [0.4, 0.5) is 4.79 Å². The number of nitrogens with two attached hydrogens (primary N) is 2. The van der Waals surface area contributed by atoms with Crippen LogP contribution in [0, 0.1) is 0 Å². The zero-order chi connectivity index (χ0) is 18.1. The van der Waals surface area contributed by atoms with Gasteiger partial charge in [-0.05, 0) is 12.1 Å². The van der Waals surface area contributed by atoms with Crippen molar-refractivity contribution < 1.29 is 19.0 Å². The second kappa shape index (κ2) is 9.13. The first-order valence-corrected chi connectivity index (χ1v) is 7.25. The third-order valence-electron chi connectivity index (χ3n) is 2.81. The average Bonchev–Trinajstić information content (AvgIpc) is 2.60. The van der Waals surface area contributed by atoms with E-state index in [0.717, 1.165) is 0 Å². The van der Waals surface area contributed by atoms with Gasteiger partial charge in [-0.25, -0.2) is 19.7 Å². The molecule has 0 fully saturated rings. The van der Waals surface area contributed by atoms with Gasteiger partial charge in [-0.3, -0.25) is 0 Å². The van der Waals surface area contributed by atoms with Crippen LogP contribution in [0.25, 0.3) is 11.3 Å². The van der Waals surface area contributed by atoms with E-state index in [4.69, 9.17) is 25.7 Å². The number of guanidine groups is 1. The highest BCUT2D eigenvalue weighted by Crippen LogP contribution is 2.17. The highest BCUT2D eigenvalue weighted by atomic mass is 16.5. The Kier molecular flexibility index (Phi) is 6.60. The molecule has 2 aromatic heterocycles. The molecule has 0 atom stereocenters. The van der Waals surface area contributed by atoms with Crippen LogP contribution in [0.15, 0.2) is 35.6 Å². The lowest BCUT2D eigenvalue weighted by Gasteiger charge is -2.06. The lowest BCUT2D eigenvalue weighted by atomic mass is 10.2. The van der Waals surface area contributed by atoms with Gasteiger partial charge < -0.3 is 25.7 Å². The quantitative estimate of drug-likeness (QED) is 0.414. The maximum atomic E-state index is 11.3. The first-order valence-electron chi connectivity index (χ1n) is 7.25. The van der Waals surface area contributed by atoms with Gasteiger partial charge in [0.05, 0.1) is 18.0 Å². The molecule has 2 heterocycles. The van der Waals surface area contributed by atoms with Crippen molar-refractivity contribution in [3.8, 4) is 17.3 Å². The fraction of sp³-hybridized carbons (Fsp3) is 0.267. The van der Waals surface area contributed by atoms with E-state index in [-0.39, 0.29) is 18.6 Å². The van der Waals surface area contributed by atoms with Crippen molar-refractivity contribution >= 4 is 12.1 Å². The number of hydrogen-bond acceptors (Lipinski definition) is 7. The van der Waals surface area contributed by atoms with Gasteiger partial charge in [0.25, 0.3) is 0 Å². The highest BCUT2D eigenvalue weighted by Gasteiger charge is 2.06. The van der Waals surface area contributed by atoms with Gasteiger partial charge in [-0.2, -0.15) is 0 Å². The van der Waals surface area contributed by atoms with Gasteiger partial charge in [0.2, 0.25) is 0 Å². The summed E-state index contributed by atoms with van der Waals surface area (Å²) in [6.07, 6.45) is 2.30. The van der Waals surface area contributed by atoms with Crippen molar-refractivity contribution in [1.29, 1.82) is 0 Å². The first-order chi connectivity index (χ1) is 12.1. The number of methoxy groups -OCH3 is 1. The van der Waals surface area contributed by atoms with Crippen LogP contribution in [-0.2, 0) is 16.1 Å². The topological polar surface area (TPSA) is 148 Å². The Labute approximate surface area is 143 Å². The molecule has 4 N–H and O–H groups in total. The lowest BCUT2D eigenvalue weighted by Crippen LogP contribution is -2.24. The highest BCUT2D eigenvalue weighted by molar-refractivity contribution is 5.87. The van der Waals surface area contributed by atoms with Crippen LogP contribution in [-0.4, -0.2) is 47.3 Å². The van der Waals surface area contributed by atoms with Crippen molar-refractivity contribution in [2.75, 3.05) is 20.3 Å². The molecular formula is C15H18N6O4. The van der Waals surface area contributed by atoms with Crippen LogP contribution >= 0.6 is 0 Å². The number of carbonyl (C=O) groups is 1. The predicted molar refractivity (Wildman–Crippen MR) is 88.6 cm³/mol. The molecule has 10 nitrogen and oxygen atoms in total. The largest absolute Gasteiger partial charge is 0.461 e. The minimum atomic E-state index is -0.881. The van der Waals surface area contributed by atoms with Crippen LogP contribution in [0.2, 0.25) is 0 Å². The number of aliphatic imine (C=N–C) groups is 1. The number of hydrogen-bond donors (Lipinski definition) is 2. The maximum Gasteiger partial charge on any atom is 0.437 e. The van der Waals surface area contributed by atoms with Gasteiger partial charge in [-0.1, -0.05) is 6.07 Å². The van der Waals surface area contributed by atoms with Crippen molar-refractivity contribution in [2.45, 2.75) is 6.61 Å². The van der Waals surface area contributed by atoms with Crippen molar-refractivity contribution in [3.05, 3.63) is 36.3 Å². The fourth-order valence-corrected chi connectivity index (χ4v) is 1.73. The molecule has 0 unspecified atom stereocenters. The number of aromatic nitrogens is 3. The van der Waals surface area contributed by atoms with E-state index < -0.39 is 6.09 Å². The summed E-state index contributed by atoms with van der Waals surface area (Å²) < 4.78 is 15.1. The van der Waals surface area contributed by atoms with Crippen molar-refractivity contribution in [1.82, 2.24) is 15.0 Å². The summed E-state index contributed by atoms with van der Waals surface area (Å²) in [4.78, 5) is 27.1. The standard InChI is InChI=1S/C15H18N6O4/c1-23-5-6-24-14-18-7-10(8-19-14)12-4-2-3-11(20-12)9-25-15(22)21-13(16)17/h2-4,7-8H,5-6,9H2,1H3,(H4,16,17,21,22). The second-order valence-electron chi connectivity index (χ2n) is 4.70. The van der Waals surface area contributed by atoms with Gasteiger partial charge in [0.15, 0.2) is 5.96 Å². The molecule has 0 aliphatic carbocycles. The Hall–Kier alpha value is -3.27. The Bertz CT molecular complexity index is 731. The maximum absolute atomic E-state index is 11.3. The van der Waals surface area contributed by atoms with Crippen LogP contribution in [0.1, 0.15) is 5.69 Å². The molecule has 1 amide bonds. The minimum absolute atomic E-state index is 0.0669. The smallest absolute Gasteiger partial charge is 0.437 e. The SMILES string of the molecule is COCCOc1ncc(-c2cccc(COC(=O)N=C(N)N)n2)cn1. The molecule has 0 aliphatic rings. The van der Waals surface area contributed by atoms with E-state index in [1.165, 1.54) is 0 Å². The Balaban J connectivity index is 2.00. The number of rotatable bonds is 7. The Morgan fingerprint density at radius 3 is 2.64 bits per heavy atom. The molecule has 0 saturated heterocycles. The summed E-state index contributed by atoms with van der Waals surface area (Å²) in [5.74, 6) is -0.364. The van der Waals surface area contributed by atoms with E-state index in [9.17, 15) is 4.79 Å². The molecule has 0 saturated carbocycles. The number of ether oxygens (including phenoxy) is 3. The van der Waals surface area contributed by atoms with E-state index >= 15 is 0 Å². The summed E-state index contributed by atoms with van der Waals surface area (Å²) in [5, 5.41) is 0. The van der Waals surface area contributed by atoms with Crippen LogP contribution in [0.5, 0.6) is 6.01 Å². The summed E-state index contributed by atoms with van der Waals surface area (Å²) in [7, 11) is 1.58. The Morgan fingerprint density at radius 1 is 1.20 bits per heavy atom. The van der Waals surface area contributed by atoms with E-state index in [1.807, 2.05) is 0 Å². The molecule has 0 bridgehead atoms. The van der Waals surface area contributed by atoms with E-state index in [0.29, 0.717) is 30.2 Å². The molecule has 10 heteroatoms. The van der Waals surface area contributed by atoms with Crippen molar-refractivity contribution in [2.24, 2.45) is 16.5 Å². The molecule has 0 spiro atoms. The zero-order valence-corrected chi connectivity index (χ0v) is 13.6. The molecule has 2 rings (SSSR count). The molecule has 25 heavy (non-hydrogen) atoms. The number of pyridine rings is 1. The molecule has 0 aliphatic heterocycles. The number of nitrogens with zero attached hydrogens (tertiary/aromatic N) is 4. The summed E-state index contributed by atoms with van der Waals surface area (Å²) >= 11 is 0. The third-order valence-corrected chi connectivity index (χ3v) is 2.81. The molecular weight excluding hydrogens is 328 g/mol. The molecule has 2 aromatic rings. The predicted octanol–water partition coefficient (Wildman–Crippen LogP) is 0.474. The van der Waals surface area contributed by atoms with Gasteiger partial charge in [0, 0.05) is 25.1 Å². The normalized spacial score (nSPS) is 10.1. The Morgan fingerprint density at radius 2 is 1.96 bits per heavy atom. The van der Waals surface area contributed by atoms with Crippen LogP contribution < -0.4 is 16.2 Å². The number of carbonyl (C=O) groups excluding carboxylic acids is 1. The zero-order valence-electron chi connectivity index (χ0n) is 13.6. The van der Waals surface area contributed by atoms with E-state index in [1.54, 1.807) is 37.7 Å². The average molecular weight is 346 g/mol. The molecule has 0 radical (unpaired) electrons. The molecule has 0 aromatic carbocycles. The lowest BCUT2D eigenvalue weighted by molar-refractivity contribution is 0.141. The van der Waals surface area contributed by atoms with Gasteiger partial charge in [0.1, 0.15) is 13.2 Å². The first kappa shape index (κ1) is 18.1. The van der Waals surface area contributed by atoms with Gasteiger partial charge in [-0.15, -0.1) is 4.99 Å². The summed E-state index contributed by atoms with van der Waals surface area (Å²) in [5.41, 5.74) is 12.0. The molecule has 132 valence electrons. The number of amides is 1. The fourth-order valence-electron chi connectivity index (χ4n) is 1.73.